The van der Waals surface area contributed by atoms with Crippen LogP contribution in [0, 0.1) is 0 Å². The minimum atomic E-state index is -4.74. The molecule has 0 aliphatic carbocycles. The minimum Gasteiger partial charge on any atom is -0.374 e. The number of hydrogen-bond acceptors (Lipinski definition) is 3. The highest BCUT2D eigenvalue weighted by atomic mass is 35.5. The molecule has 2 aromatic carbocycles. The average molecular weight is 450 g/mol. The van der Waals surface area contributed by atoms with Crippen LogP contribution in [0.15, 0.2) is 41.6 Å². The van der Waals surface area contributed by atoms with Gasteiger partial charge >= 0.3 is 6.18 Å². The second-order valence-electron chi connectivity index (χ2n) is 6.86. The SMILES string of the molecule is FC(F)(F)C1(c2cc(Cl)c(Cl)c(Cl)c2)CC(c2ccc(C3CNC3)cc2)=NO1. The van der Waals surface area contributed by atoms with Gasteiger partial charge in [-0.05, 0) is 23.3 Å². The molecular formula is C19H14Cl3F3N2O. The zero-order valence-corrected chi connectivity index (χ0v) is 16.6. The molecule has 1 N–H and O–H groups in total. The molecule has 3 nitrogen and oxygen atoms in total. The van der Waals surface area contributed by atoms with Crippen LogP contribution in [0.2, 0.25) is 15.1 Å². The Bertz CT molecular complexity index is 919. The number of hydrogen-bond donors (Lipinski definition) is 1. The van der Waals surface area contributed by atoms with Gasteiger partial charge in [-0.3, -0.25) is 0 Å². The average Bonchev–Trinajstić information content (AvgIpc) is 3.05. The van der Waals surface area contributed by atoms with E-state index in [9.17, 15) is 13.2 Å². The van der Waals surface area contributed by atoms with E-state index in [1.807, 2.05) is 12.1 Å². The maximum absolute atomic E-state index is 14.1. The first kappa shape index (κ1) is 19.8. The van der Waals surface area contributed by atoms with Crippen molar-refractivity contribution in [2.75, 3.05) is 13.1 Å². The molecule has 0 amide bonds. The molecule has 9 heteroatoms. The normalized spacial score (nSPS) is 22.6. The highest BCUT2D eigenvalue weighted by molar-refractivity contribution is 6.48. The van der Waals surface area contributed by atoms with Crippen molar-refractivity contribution >= 4 is 40.5 Å². The number of rotatable bonds is 3. The molecule has 2 aliphatic heterocycles. The molecule has 1 unspecified atom stereocenters. The topological polar surface area (TPSA) is 33.6 Å². The fraction of sp³-hybridized carbons (Fsp3) is 0.316. The lowest BCUT2D eigenvalue weighted by atomic mass is 9.86. The molecule has 148 valence electrons. The summed E-state index contributed by atoms with van der Waals surface area (Å²) >= 11 is 17.8. The molecule has 2 aliphatic rings. The summed E-state index contributed by atoms with van der Waals surface area (Å²) in [4.78, 5) is 5.01. The lowest BCUT2D eigenvalue weighted by Gasteiger charge is -2.30. The molecular weight excluding hydrogens is 436 g/mol. The lowest BCUT2D eigenvalue weighted by Crippen LogP contribution is -2.42. The van der Waals surface area contributed by atoms with E-state index >= 15 is 0 Å². The van der Waals surface area contributed by atoms with Gasteiger partial charge in [0.15, 0.2) is 0 Å². The van der Waals surface area contributed by atoms with Gasteiger partial charge in [-0.1, -0.05) is 64.2 Å². The van der Waals surface area contributed by atoms with E-state index in [2.05, 4.69) is 10.5 Å². The summed E-state index contributed by atoms with van der Waals surface area (Å²) in [5, 5.41) is 6.78. The first-order chi connectivity index (χ1) is 13.2. The second-order valence-corrected chi connectivity index (χ2v) is 8.05. The van der Waals surface area contributed by atoms with Gasteiger partial charge in [-0.2, -0.15) is 13.2 Å². The van der Waals surface area contributed by atoms with E-state index in [0.29, 0.717) is 11.5 Å². The standard InChI is InChI=1S/C19H14Cl3F3N2O/c20-14-5-13(6-15(21)17(14)22)18(19(23,24)25)7-16(27-28-18)11-3-1-10(2-4-11)12-8-26-9-12/h1-6,12,26H,7-9H2. The van der Waals surface area contributed by atoms with Gasteiger partial charge in [0.1, 0.15) is 0 Å². The van der Waals surface area contributed by atoms with Crippen molar-refractivity contribution in [2.24, 2.45) is 5.16 Å². The summed E-state index contributed by atoms with van der Waals surface area (Å²) in [6.45, 7) is 1.80. The van der Waals surface area contributed by atoms with Gasteiger partial charge in [0.2, 0.25) is 0 Å². The summed E-state index contributed by atoms with van der Waals surface area (Å²) in [5.74, 6) is 0.434. The van der Waals surface area contributed by atoms with E-state index in [1.165, 1.54) is 0 Å². The van der Waals surface area contributed by atoms with E-state index in [1.54, 1.807) is 12.1 Å². The van der Waals surface area contributed by atoms with Crippen molar-refractivity contribution < 1.29 is 18.0 Å². The number of oxime groups is 1. The summed E-state index contributed by atoms with van der Waals surface area (Å²) in [6, 6.07) is 9.59. The Morgan fingerprint density at radius 1 is 1.04 bits per heavy atom. The minimum absolute atomic E-state index is 0.00961. The first-order valence-corrected chi connectivity index (χ1v) is 9.62. The summed E-state index contributed by atoms with van der Waals surface area (Å²) in [5.41, 5.74) is -0.988. The Balaban J connectivity index is 1.66. The molecule has 0 spiro atoms. The van der Waals surface area contributed by atoms with Crippen LogP contribution in [0.5, 0.6) is 0 Å². The zero-order valence-electron chi connectivity index (χ0n) is 14.3. The Hall–Kier alpha value is -1.47. The Morgan fingerprint density at radius 2 is 1.64 bits per heavy atom. The van der Waals surface area contributed by atoms with Crippen LogP contribution in [0.25, 0.3) is 0 Å². The molecule has 0 saturated carbocycles. The molecule has 0 radical (unpaired) electrons. The van der Waals surface area contributed by atoms with Gasteiger partial charge in [-0.25, -0.2) is 0 Å². The Kier molecular flexibility index (Phi) is 5.02. The van der Waals surface area contributed by atoms with Gasteiger partial charge in [-0.15, -0.1) is 0 Å². The van der Waals surface area contributed by atoms with Crippen molar-refractivity contribution in [3.05, 3.63) is 68.2 Å². The molecule has 0 aromatic heterocycles. The summed E-state index contributed by atoms with van der Waals surface area (Å²) < 4.78 is 42.2. The number of nitrogens with zero attached hydrogens (tertiary/aromatic N) is 1. The van der Waals surface area contributed by atoms with E-state index < -0.39 is 18.2 Å². The largest absolute Gasteiger partial charge is 0.435 e. The van der Waals surface area contributed by atoms with Crippen molar-refractivity contribution in [2.45, 2.75) is 24.1 Å². The molecule has 0 bridgehead atoms. The van der Waals surface area contributed by atoms with E-state index in [-0.39, 0.29) is 26.3 Å². The van der Waals surface area contributed by atoms with E-state index in [4.69, 9.17) is 39.6 Å². The molecule has 1 saturated heterocycles. The maximum Gasteiger partial charge on any atom is 0.435 e. The third-order valence-electron chi connectivity index (χ3n) is 5.13. The van der Waals surface area contributed by atoms with E-state index in [0.717, 1.165) is 30.8 Å². The highest BCUT2D eigenvalue weighted by Gasteiger charge is 2.62. The number of nitrogens with one attached hydrogen (secondary N) is 1. The monoisotopic (exact) mass is 448 g/mol. The molecule has 2 heterocycles. The summed E-state index contributed by atoms with van der Waals surface area (Å²) in [7, 11) is 0. The molecule has 1 atom stereocenters. The number of halogens is 6. The van der Waals surface area contributed by atoms with Crippen LogP contribution in [0.1, 0.15) is 29.0 Å². The van der Waals surface area contributed by atoms with Crippen molar-refractivity contribution in [1.29, 1.82) is 0 Å². The molecule has 1 fully saturated rings. The van der Waals surface area contributed by atoms with Crippen LogP contribution in [-0.4, -0.2) is 25.0 Å². The fourth-order valence-corrected chi connectivity index (χ4v) is 3.92. The molecule has 2 aromatic rings. The van der Waals surface area contributed by atoms with Crippen LogP contribution >= 0.6 is 34.8 Å². The van der Waals surface area contributed by atoms with Gasteiger partial charge in [0.25, 0.3) is 5.60 Å². The zero-order chi connectivity index (χ0) is 20.1. The maximum atomic E-state index is 14.1. The lowest BCUT2D eigenvalue weighted by molar-refractivity contribution is -0.275. The molecule has 28 heavy (non-hydrogen) atoms. The van der Waals surface area contributed by atoms with Crippen molar-refractivity contribution in [3.8, 4) is 0 Å². The van der Waals surface area contributed by atoms with Crippen molar-refractivity contribution in [1.82, 2.24) is 5.32 Å². The fourth-order valence-electron chi connectivity index (χ4n) is 3.32. The Labute approximate surface area is 174 Å². The van der Waals surface area contributed by atoms with Crippen LogP contribution in [0.3, 0.4) is 0 Å². The third kappa shape index (κ3) is 3.26. The van der Waals surface area contributed by atoms with Crippen molar-refractivity contribution in [3.63, 3.8) is 0 Å². The van der Waals surface area contributed by atoms with Crippen LogP contribution in [-0.2, 0) is 10.4 Å². The number of alkyl halides is 3. The van der Waals surface area contributed by atoms with Crippen LogP contribution in [0.4, 0.5) is 13.2 Å². The first-order valence-electron chi connectivity index (χ1n) is 8.49. The van der Waals surface area contributed by atoms with Gasteiger partial charge in [0.05, 0.1) is 20.8 Å². The highest BCUT2D eigenvalue weighted by Crippen LogP contribution is 2.50. The van der Waals surface area contributed by atoms with Crippen LogP contribution < -0.4 is 5.32 Å². The number of benzene rings is 2. The Morgan fingerprint density at radius 3 is 2.14 bits per heavy atom. The van der Waals surface area contributed by atoms with Gasteiger partial charge < -0.3 is 10.2 Å². The van der Waals surface area contributed by atoms with Gasteiger partial charge in [0, 0.05) is 31.0 Å². The quantitative estimate of drug-likeness (QED) is 0.591. The predicted molar refractivity (Wildman–Crippen MR) is 103 cm³/mol. The third-order valence-corrected chi connectivity index (χ3v) is 6.33. The molecule has 4 rings (SSSR count). The smallest absolute Gasteiger partial charge is 0.374 e. The summed E-state index contributed by atoms with van der Waals surface area (Å²) in [6.07, 6.45) is -5.23. The second kappa shape index (κ2) is 7.10. The predicted octanol–water partition coefficient (Wildman–Crippen LogP) is 5.92.